The standard InChI is InChI=1S/C12H15N2/c1-10-13(2)9-12(14(10)3)11-7-5-4-6-8-11/h4-9H,1-3H3/q+1. The van der Waals surface area contributed by atoms with E-state index in [1.807, 2.05) is 6.07 Å². The molecule has 0 radical (unpaired) electrons. The van der Waals surface area contributed by atoms with E-state index in [9.17, 15) is 0 Å². The van der Waals surface area contributed by atoms with Crippen molar-refractivity contribution >= 4 is 0 Å². The fourth-order valence-corrected chi connectivity index (χ4v) is 1.65. The van der Waals surface area contributed by atoms with Gasteiger partial charge in [-0.25, -0.2) is 9.13 Å². The van der Waals surface area contributed by atoms with Crippen molar-refractivity contribution in [3.05, 3.63) is 42.4 Å². The quantitative estimate of drug-likeness (QED) is 0.602. The molecule has 0 N–H and O–H groups in total. The second-order valence-corrected chi connectivity index (χ2v) is 3.60. The molecule has 0 saturated carbocycles. The maximum absolute atomic E-state index is 2.20. The first-order valence-corrected chi connectivity index (χ1v) is 4.77. The number of hydrogen-bond acceptors (Lipinski definition) is 0. The van der Waals surface area contributed by atoms with Crippen LogP contribution in [0.4, 0.5) is 0 Å². The highest BCUT2D eigenvalue weighted by Gasteiger charge is 2.14. The van der Waals surface area contributed by atoms with Crippen LogP contribution in [0.5, 0.6) is 0 Å². The van der Waals surface area contributed by atoms with Crippen LogP contribution in [0.1, 0.15) is 5.82 Å². The van der Waals surface area contributed by atoms with Crippen molar-refractivity contribution in [1.82, 2.24) is 4.57 Å². The lowest BCUT2D eigenvalue weighted by Gasteiger charge is -1.95. The molecule has 0 unspecified atom stereocenters. The summed E-state index contributed by atoms with van der Waals surface area (Å²) in [6.45, 7) is 2.12. The van der Waals surface area contributed by atoms with Gasteiger partial charge in [-0.1, -0.05) is 30.3 Å². The van der Waals surface area contributed by atoms with Crippen molar-refractivity contribution in [2.24, 2.45) is 14.1 Å². The predicted molar refractivity (Wildman–Crippen MR) is 56.8 cm³/mol. The van der Waals surface area contributed by atoms with Gasteiger partial charge in [0, 0.05) is 12.5 Å². The molecule has 1 aromatic heterocycles. The average Bonchev–Trinajstić information content (AvgIpc) is 2.47. The van der Waals surface area contributed by atoms with Gasteiger partial charge < -0.3 is 0 Å². The molecule has 0 saturated heterocycles. The highest BCUT2D eigenvalue weighted by Crippen LogP contribution is 2.17. The van der Waals surface area contributed by atoms with Gasteiger partial charge in [0.2, 0.25) is 0 Å². The van der Waals surface area contributed by atoms with Crippen molar-refractivity contribution in [1.29, 1.82) is 0 Å². The number of hydrogen-bond donors (Lipinski definition) is 0. The molecule has 14 heavy (non-hydrogen) atoms. The summed E-state index contributed by atoms with van der Waals surface area (Å²) in [7, 11) is 4.17. The Bertz CT molecular complexity index is 441. The molecule has 0 spiro atoms. The largest absolute Gasteiger partial charge is 0.253 e. The molecular weight excluding hydrogens is 172 g/mol. The van der Waals surface area contributed by atoms with Gasteiger partial charge >= 0.3 is 0 Å². The molecule has 0 atom stereocenters. The topological polar surface area (TPSA) is 8.81 Å². The smallest absolute Gasteiger partial charge is 0.236 e. The summed E-state index contributed by atoms with van der Waals surface area (Å²) >= 11 is 0. The Morgan fingerprint density at radius 3 is 2.29 bits per heavy atom. The van der Waals surface area contributed by atoms with E-state index in [2.05, 4.69) is 60.6 Å². The normalized spacial score (nSPS) is 10.5. The van der Waals surface area contributed by atoms with Crippen LogP contribution < -0.4 is 4.57 Å². The van der Waals surface area contributed by atoms with Crippen LogP contribution in [0.2, 0.25) is 0 Å². The summed E-state index contributed by atoms with van der Waals surface area (Å²) in [4.78, 5) is 0. The number of aromatic nitrogens is 2. The van der Waals surface area contributed by atoms with E-state index in [0.717, 1.165) is 0 Å². The summed E-state index contributed by atoms with van der Waals surface area (Å²) < 4.78 is 4.34. The minimum atomic E-state index is 1.25. The molecule has 0 aliphatic heterocycles. The van der Waals surface area contributed by atoms with Gasteiger partial charge in [0.1, 0.15) is 6.20 Å². The summed E-state index contributed by atoms with van der Waals surface area (Å²) in [5.74, 6) is 1.25. The summed E-state index contributed by atoms with van der Waals surface area (Å²) in [5, 5.41) is 0. The molecule has 0 aliphatic carbocycles. The van der Waals surface area contributed by atoms with E-state index in [1.165, 1.54) is 17.1 Å². The maximum atomic E-state index is 2.20. The first-order valence-electron chi connectivity index (χ1n) is 4.77. The second-order valence-electron chi connectivity index (χ2n) is 3.60. The van der Waals surface area contributed by atoms with Crippen LogP contribution in [-0.2, 0) is 14.1 Å². The molecule has 2 aromatic rings. The lowest BCUT2D eigenvalue weighted by Crippen LogP contribution is -2.29. The number of benzene rings is 1. The predicted octanol–water partition coefficient (Wildman–Crippen LogP) is 1.83. The molecule has 1 heterocycles. The van der Waals surface area contributed by atoms with Crippen LogP contribution in [0.15, 0.2) is 36.5 Å². The SMILES string of the molecule is Cc1n(C)c(-c2ccccc2)c[n+]1C. The van der Waals surface area contributed by atoms with Gasteiger partial charge in [-0.15, -0.1) is 0 Å². The van der Waals surface area contributed by atoms with Crippen molar-refractivity contribution in [2.45, 2.75) is 6.92 Å². The Morgan fingerprint density at radius 2 is 1.79 bits per heavy atom. The Balaban J connectivity index is 2.58. The zero-order chi connectivity index (χ0) is 10.1. The molecule has 2 nitrogen and oxygen atoms in total. The van der Waals surface area contributed by atoms with Gasteiger partial charge in [-0.3, -0.25) is 0 Å². The molecule has 72 valence electrons. The first kappa shape index (κ1) is 9.00. The van der Waals surface area contributed by atoms with Gasteiger partial charge in [0.15, 0.2) is 5.69 Å². The fraction of sp³-hybridized carbons (Fsp3) is 0.250. The van der Waals surface area contributed by atoms with Crippen LogP contribution in [0.3, 0.4) is 0 Å². The number of imidazole rings is 1. The van der Waals surface area contributed by atoms with E-state index in [4.69, 9.17) is 0 Å². The van der Waals surface area contributed by atoms with E-state index in [1.54, 1.807) is 0 Å². The molecule has 0 bridgehead atoms. The van der Waals surface area contributed by atoms with E-state index < -0.39 is 0 Å². The summed E-state index contributed by atoms with van der Waals surface area (Å²) in [6, 6.07) is 10.4. The molecule has 0 amide bonds. The van der Waals surface area contributed by atoms with Gasteiger partial charge in [-0.05, 0) is 0 Å². The van der Waals surface area contributed by atoms with E-state index in [0.29, 0.717) is 0 Å². The van der Waals surface area contributed by atoms with Crippen molar-refractivity contribution in [3.63, 3.8) is 0 Å². The van der Waals surface area contributed by atoms with Crippen molar-refractivity contribution in [2.75, 3.05) is 0 Å². The van der Waals surface area contributed by atoms with Crippen molar-refractivity contribution in [3.8, 4) is 11.3 Å². The third-order valence-corrected chi connectivity index (χ3v) is 2.74. The molecule has 2 rings (SSSR count). The minimum Gasteiger partial charge on any atom is -0.236 e. The zero-order valence-electron chi connectivity index (χ0n) is 8.86. The number of aryl methyl sites for hydroxylation is 1. The Morgan fingerprint density at radius 1 is 1.14 bits per heavy atom. The van der Waals surface area contributed by atoms with Crippen LogP contribution in [0.25, 0.3) is 11.3 Å². The third kappa shape index (κ3) is 1.33. The Hall–Kier alpha value is -1.57. The zero-order valence-corrected chi connectivity index (χ0v) is 8.86. The number of rotatable bonds is 1. The first-order chi connectivity index (χ1) is 6.70. The van der Waals surface area contributed by atoms with Crippen molar-refractivity contribution < 1.29 is 4.57 Å². The van der Waals surface area contributed by atoms with Gasteiger partial charge in [0.05, 0.1) is 14.1 Å². The average molecular weight is 187 g/mol. The molecule has 1 aromatic carbocycles. The van der Waals surface area contributed by atoms with Crippen LogP contribution in [-0.4, -0.2) is 4.57 Å². The third-order valence-electron chi connectivity index (χ3n) is 2.74. The Labute approximate surface area is 84.4 Å². The molecular formula is C12H15N2+. The highest BCUT2D eigenvalue weighted by molar-refractivity contribution is 5.57. The maximum Gasteiger partial charge on any atom is 0.253 e. The van der Waals surface area contributed by atoms with Crippen LogP contribution >= 0.6 is 0 Å². The van der Waals surface area contributed by atoms with E-state index >= 15 is 0 Å². The van der Waals surface area contributed by atoms with Gasteiger partial charge in [0.25, 0.3) is 5.82 Å². The second kappa shape index (κ2) is 3.29. The lowest BCUT2D eigenvalue weighted by atomic mass is 10.2. The Kier molecular flexibility index (Phi) is 2.12. The van der Waals surface area contributed by atoms with Crippen LogP contribution in [0, 0.1) is 6.92 Å². The van der Waals surface area contributed by atoms with Gasteiger partial charge in [-0.2, -0.15) is 0 Å². The fourth-order valence-electron chi connectivity index (χ4n) is 1.65. The number of nitrogens with zero attached hydrogens (tertiary/aromatic N) is 2. The van der Waals surface area contributed by atoms with E-state index in [-0.39, 0.29) is 0 Å². The lowest BCUT2D eigenvalue weighted by molar-refractivity contribution is -0.677. The molecule has 2 heteroatoms. The summed E-state index contributed by atoms with van der Waals surface area (Å²) in [5.41, 5.74) is 2.52. The highest BCUT2D eigenvalue weighted by atomic mass is 15.1. The minimum absolute atomic E-state index is 1.25. The molecule has 0 aliphatic rings. The summed E-state index contributed by atoms with van der Waals surface area (Å²) in [6.07, 6.45) is 2.16. The monoisotopic (exact) mass is 187 g/mol. The molecule has 0 fully saturated rings.